The van der Waals surface area contributed by atoms with Gasteiger partial charge in [-0.1, -0.05) is 18.7 Å². The number of nitrogens with zero attached hydrogens (tertiary/aromatic N) is 1. The molecule has 0 saturated heterocycles. The average Bonchev–Trinajstić information content (AvgIpc) is 2.59. The highest BCUT2D eigenvalue weighted by molar-refractivity contribution is 7.98. The van der Waals surface area contributed by atoms with E-state index in [1.165, 1.54) is 0 Å². The van der Waals surface area contributed by atoms with Gasteiger partial charge in [-0.05, 0) is 62.3 Å². The van der Waals surface area contributed by atoms with Crippen LogP contribution in [0.2, 0.25) is 0 Å². The molecule has 1 unspecified atom stereocenters. The summed E-state index contributed by atoms with van der Waals surface area (Å²) in [6, 6.07) is 11.3. The fourth-order valence-corrected chi connectivity index (χ4v) is 3.56. The van der Waals surface area contributed by atoms with Crippen molar-refractivity contribution in [2.24, 2.45) is 0 Å². The van der Waals surface area contributed by atoms with Gasteiger partial charge >= 0.3 is 0 Å². The third-order valence-electron chi connectivity index (χ3n) is 4.27. The summed E-state index contributed by atoms with van der Waals surface area (Å²) in [7, 11) is 2.60. The molecule has 0 aliphatic heterocycles. The Balaban J connectivity index is 2.21. The molecule has 0 fully saturated rings. The molecule has 5 nitrogen and oxygen atoms in total. The van der Waals surface area contributed by atoms with E-state index in [4.69, 9.17) is 10.5 Å². The Morgan fingerprint density at radius 1 is 1.27 bits per heavy atom. The summed E-state index contributed by atoms with van der Waals surface area (Å²) in [5.41, 5.74) is 10.2. The van der Waals surface area contributed by atoms with E-state index in [-0.39, 0.29) is 0 Å². The largest absolute Gasteiger partial charge is 0.496 e. The van der Waals surface area contributed by atoms with E-state index >= 15 is 0 Å². The van der Waals surface area contributed by atoms with Crippen molar-refractivity contribution in [3.8, 4) is 5.75 Å². The first-order valence-corrected chi connectivity index (χ1v) is 9.86. The SMILES string of the molecule is C=C(NCc1ccc(OC)c(C)c1)c1cc(S(=C)(=O)N(C)C)ccc1N. The van der Waals surface area contributed by atoms with Gasteiger partial charge in [0.1, 0.15) is 5.75 Å². The van der Waals surface area contributed by atoms with Crippen molar-refractivity contribution >= 4 is 27.0 Å². The molecule has 2 aromatic carbocycles. The van der Waals surface area contributed by atoms with Crippen molar-refractivity contribution in [3.63, 3.8) is 0 Å². The molecule has 0 bridgehead atoms. The number of benzene rings is 2. The Labute approximate surface area is 156 Å². The van der Waals surface area contributed by atoms with Crippen LogP contribution in [0.5, 0.6) is 5.75 Å². The molecule has 0 aliphatic rings. The van der Waals surface area contributed by atoms with Crippen LogP contribution < -0.4 is 15.8 Å². The van der Waals surface area contributed by atoms with Gasteiger partial charge in [0.15, 0.2) is 0 Å². The topological polar surface area (TPSA) is 67.6 Å². The van der Waals surface area contributed by atoms with Crippen molar-refractivity contribution in [3.05, 3.63) is 59.7 Å². The van der Waals surface area contributed by atoms with Crippen LogP contribution in [0.1, 0.15) is 16.7 Å². The summed E-state index contributed by atoms with van der Waals surface area (Å²) in [4.78, 5) is 0.620. The minimum Gasteiger partial charge on any atom is -0.496 e. The van der Waals surface area contributed by atoms with Crippen LogP contribution in [0.4, 0.5) is 5.69 Å². The number of nitrogens with one attached hydrogen (secondary N) is 1. The standard InChI is InChI=1S/C20H27N3O2S/c1-14-11-16(7-10-20(14)25-5)13-22-15(2)18-12-17(8-9-19(18)21)26(6,24)23(3)4/h7-12,22H,2,6,13,21H2,1,3-5H3. The van der Waals surface area contributed by atoms with Crippen molar-refractivity contribution in [2.45, 2.75) is 18.4 Å². The van der Waals surface area contributed by atoms with Gasteiger partial charge in [0.05, 0.1) is 16.8 Å². The predicted molar refractivity (Wildman–Crippen MR) is 112 cm³/mol. The summed E-state index contributed by atoms with van der Waals surface area (Å²) in [6.45, 7) is 6.69. The monoisotopic (exact) mass is 373 g/mol. The van der Waals surface area contributed by atoms with Crippen molar-refractivity contribution in [1.29, 1.82) is 0 Å². The van der Waals surface area contributed by atoms with Gasteiger partial charge in [0.2, 0.25) is 0 Å². The predicted octanol–water partition coefficient (Wildman–Crippen LogP) is 2.90. The quantitative estimate of drug-likeness (QED) is 0.578. The number of hydrogen-bond donors (Lipinski definition) is 2. The molecule has 6 heteroatoms. The van der Waals surface area contributed by atoms with Gasteiger partial charge in [-0.2, -0.15) is 0 Å². The molecule has 0 aromatic heterocycles. The summed E-state index contributed by atoms with van der Waals surface area (Å²) >= 11 is 0. The number of aryl methyl sites for hydroxylation is 1. The van der Waals surface area contributed by atoms with Crippen LogP contribution >= 0.6 is 0 Å². The lowest BCUT2D eigenvalue weighted by molar-refractivity contribution is 0.411. The Morgan fingerprint density at radius 2 is 1.96 bits per heavy atom. The molecular weight excluding hydrogens is 346 g/mol. The maximum absolute atomic E-state index is 12.8. The molecule has 3 N–H and O–H groups in total. The van der Waals surface area contributed by atoms with Crippen LogP contribution in [0.3, 0.4) is 0 Å². The first-order chi connectivity index (χ1) is 12.2. The fourth-order valence-electron chi connectivity index (χ4n) is 2.56. The maximum Gasteiger partial charge on any atom is 0.121 e. The third-order valence-corrected chi connectivity index (χ3v) is 6.44. The fraction of sp³-hybridized carbons (Fsp3) is 0.250. The summed E-state index contributed by atoms with van der Waals surface area (Å²) in [5.74, 6) is 4.70. The van der Waals surface area contributed by atoms with Gasteiger partial charge in [0, 0.05) is 28.4 Å². The number of anilines is 1. The first kappa shape index (κ1) is 19.9. The number of rotatable bonds is 7. The van der Waals surface area contributed by atoms with E-state index in [2.05, 4.69) is 23.8 Å². The van der Waals surface area contributed by atoms with Crippen LogP contribution in [0.25, 0.3) is 5.70 Å². The van der Waals surface area contributed by atoms with E-state index in [0.29, 0.717) is 22.8 Å². The number of hydrogen-bond acceptors (Lipinski definition) is 4. The van der Waals surface area contributed by atoms with E-state index in [1.807, 2.05) is 19.1 Å². The molecule has 0 amide bonds. The Kier molecular flexibility index (Phi) is 6.00. The van der Waals surface area contributed by atoms with Crippen LogP contribution in [0.15, 0.2) is 47.9 Å². The molecule has 2 aromatic rings. The lowest BCUT2D eigenvalue weighted by Crippen LogP contribution is -2.22. The molecular formula is C20H27N3O2S. The highest BCUT2D eigenvalue weighted by Crippen LogP contribution is 2.25. The summed E-state index contributed by atoms with van der Waals surface area (Å²) < 4.78 is 19.7. The highest BCUT2D eigenvalue weighted by atomic mass is 32.2. The van der Waals surface area contributed by atoms with E-state index in [0.717, 1.165) is 22.4 Å². The zero-order valence-electron chi connectivity index (χ0n) is 15.8. The van der Waals surface area contributed by atoms with E-state index in [9.17, 15) is 4.21 Å². The van der Waals surface area contributed by atoms with Gasteiger partial charge in [-0.3, -0.25) is 0 Å². The number of methoxy groups -OCH3 is 1. The minimum atomic E-state index is -2.54. The lowest BCUT2D eigenvalue weighted by Gasteiger charge is -2.19. The molecule has 0 aliphatic carbocycles. The Morgan fingerprint density at radius 3 is 2.54 bits per heavy atom. The molecule has 26 heavy (non-hydrogen) atoms. The summed E-state index contributed by atoms with van der Waals surface area (Å²) in [6.07, 6.45) is 0. The molecule has 0 heterocycles. The highest BCUT2D eigenvalue weighted by Gasteiger charge is 2.14. The molecule has 0 saturated carbocycles. The van der Waals surface area contributed by atoms with Crippen molar-refractivity contribution in [2.75, 3.05) is 26.9 Å². The number of nitrogen functional groups attached to an aromatic ring is 1. The minimum absolute atomic E-state index is 0.575. The van der Waals surface area contributed by atoms with Crippen LogP contribution in [-0.4, -0.2) is 35.6 Å². The van der Waals surface area contributed by atoms with Crippen LogP contribution in [-0.2, 0) is 16.3 Å². The Hall–Kier alpha value is -2.44. The molecule has 0 spiro atoms. The molecule has 1 atom stereocenters. The number of ether oxygens (including phenoxy) is 1. The van der Waals surface area contributed by atoms with Crippen LogP contribution in [0, 0.1) is 6.92 Å². The van der Waals surface area contributed by atoms with Crippen molar-refractivity contribution < 1.29 is 8.95 Å². The van der Waals surface area contributed by atoms with Gasteiger partial charge in [-0.15, -0.1) is 0 Å². The second-order valence-corrected chi connectivity index (χ2v) is 8.82. The van der Waals surface area contributed by atoms with E-state index < -0.39 is 9.71 Å². The molecule has 0 radical (unpaired) electrons. The zero-order valence-corrected chi connectivity index (χ0v) is 16.7. The smallest absolute Gasteiger partial charge is 0.121 e. The summed E-state index contributed by atoms with van der Waals surface area (Å²) in [5, 5.41) is 3.29. The molecule has 2 rings (SSSR count). The van der Waals surface area contributed by atoms with Gasteiger partial charge in [0.25, 0.3) is 0 Å². The second kappa shape index (κ2) is 7.85. The first-order valence-electron chi connectivity index (χ1n) is 8.17. The number of nitrogens with two attached hydrogens (primary N) is 1. The van der Waals surface area contributed by atoms with Gasteiger partial charge < -0.3 is 15.8 Å². The lowest BCUT2D eigenvalue weighted by atomic mass is 10.1. The molecule has 140 valence electrons. The maximum atomic E-state index is 12.8. The van der Waals surface area contributed by atoms with Crippen molar-refractivity contribution in [1.82, 2.24) is 9.62 Å². The zero-order chi connectivity index (χ0) is 19.5. The second-order valence-electron chi connectivity index (χ2n) is 6.34. The Bertz CT molecular complexity index is 919. The normalized spacial score (nSPS) is 13.3. The average molecular weight is 374 g/mol. The van der Waals surface area contributed by atoms with Gasteiger partial charge in [-0.25, -0.2) is 8.51 Å². The third kappa shape index (κ3) is 4.20. The van der Waals surface area contributed by atoms with E-state index in [1.54, 1.807) is 43.7 Å².